The molecule has 0 saturated carbocycles. The third-order valence-corrected chi connectivity index (χ3v) is 6.23. The number of fused-ring (bicyclic) bond motifs is 1. The molecule has 0 amide bonds. The van der Waals surface area contributed by atoms with Crippen molar-refractivity contribution in [2.75, 3.05) is 0 Å². The van der Waals surface area contributed by atoms with Crippen molar-refractivity contribution in [1.82, 2.24) is 9.55 Å². The maximum atomic E-state index is 12.3. The van der Waals surface area contributed by atoms with Gasteiger partial charge in [0.1, 0.15) is 16.6 Å². The largest absolute Gasteiger partial charge is 0.493 e. The number of halogens is 1. The molecule has 0 bridgehead atoms. The summed E-state index contributed by atoms with van der Waals surface area (Å²) in [5.74, 6) is -0.537. The van der Waals surface area contributed by atoms with Crippen molar-refractivity contribution in [3.63, 3.8) is 0 Å². The first-order chi connectivity index (χ1) is 14.0. The Hall–Kier alpha value is -3.15. The highest BCUT2D eigenvalue weighted by molar-refractivity contribution is 7.16. The number of aryl methyl sites for hydroxylation is 1. The summed E-state index contributed by atoms with van der Waals surface area (Å²) in [6.07, 6.45) is 5.06. The lowest BCUT2D eigenvalue weighted by molar-refractivity contribution is 0.430. The smallest absolute Gasteiger partial charge is 0.335 e. The van der Waals surface area contributed by atoms with E-state index in [0.717, 1.165) is 40.7 Å². The number of thiophene rings is 1. The topological polar surface area (TPSA) is 111 Å². The van der Waals surface area contributed by atoms with Gasteiger partial charge in [-0.1, -0.05) is 11.6 Å². The highest BCUT2D eigenvalue weighted by Gasteiger charge is 2.21. The summed E-state index contributed by atoms with van der Waals surface area (Å²) in [6.45, 7) is 0. The quantitative estimate of drug-likeness (QED) is 0.624. The molecule has 7 nitrogen and oxygen atoms in total. The lowest BCUT2D eigenvalue weighted by Gasteiger charge is -2.09. The Bertz CT molecular complexity index is 1280. The van der Waals surface area contributed by atoms with Crippen LogP contribution in [0.5, 0.6) is 5.88 Å². The van der Waals surface area contributed by atoms with Crippen molar-refractivity contribution >= 4 is 34.2 Å². The van der Waals surface area contributed by atoms with Crippen LogP contribution in [0.2, 0.25) is 5.02 Å². The molecular formula is C20H15ClN4O3S. The minimum atomic E-state index is -0.781. The Morgan fingerprint density at radius 2 is 1.97 bits per heavy atom. The molecule has 0 saturated heterocycles. The Balaban J connectivity index is 1.81. The van der Waals surface area contributed by atoms with Crippen molar-refractivity contribution in [3.05, 3.63) is 71.7 Å². The molecular weight excluding hydrogens is 412 g/mol. The lowest BCUT2D eigenvalue weighted by atomic mass is 9.96. The van der Waals surface area contributed by atoms with Gasteiger partial charge in [-0.3, -0.25) is 9.78 Å². The molecule has 29 heavy (non-hydrogen) atoms. The molecule has 0 fully saturated rings. The zero-order valence-electron chi connectivity index (χ0n) is 15.1. The molecule has 0 unspecified atom stereocenters. The van der Waals surface area contributed by atoms with Gasteiger partial charge in [0.05, 0.1) is 11.3 Å². The fourth-order valence-electron chi connectivity index (χ4n) is 3.37. The molecule has 146 valence electrons. The van der Waals surface area contributed by atoms with E-state index in [4.69, 9.17) is 11.6 Å². The van der Waals surface area contributed by atoms with Gasteiger partial charge >= 0.3 is 5.69 Å². The molecule has 2 N–H and O–H groups in total. The third-order valence-electron chi connectivity index (χ3n) is 4.78. The Morgan fingerprint density at radius 1 is 1.24 bits per heavy atom. The number of nitriles is 1. The van der Waals surface area contributed by atoms with Crippen LogP contribution in [-0.2, 0) is 12.8 Å². The summed E-state index contributed by atoms with van der Waals surface area (Å²) in [4.78, 5) is 32.1. The van der Waals surface area contributed by atoms with Crippen LogP contribution < -0.4 is 11.2 Å². The van der Waals surface area contributed by atoms with E-state index in [1.165, 1.54) is 17.6 Å². The molecule has 1 aromatic carbocycles. The van der Waals surface area contributed by atoms with E-state index in [1.54, 1.807) is 24.3 Å². The summed E-state index contributed by atoms with van der Waals surface area (Å²) in [5, 5.41) is 21.1. The number of rotatable bonds is 3. The molecule has 1 aliphatic carbocycles. The number of hydrogen-bond donors (Lipinski definition) is 2. The molecule has 0 radical (unpaired) electrons. The van der Waals surface area contributed by atoms with Gasteiger partial charge in [-0.25, -0.2) is 14.4 Å². The zero-order chi connectivity index (χ0) is 20.5. The van der Waals surface area contributed by atoms with Gasteiger partial charge in [0.25, 0.3) is 5.56 Å². The first-order valence-corrected chi connectivity index (χ1v) is 10.1. The summed E-state index contributed by atoms with van der Waals surface area (Å²) >= 11 is 7.30. The maximum absolute atomic E-state index is 12.3. The lowest BCUT2D eigenvalue weighted by Crippen LogP contribution is -2.31. The summed E-state index contributed by atoms with van der Waals surface area (Å²) in [5.41, 5.74) is 0.169. The summed E-state index contributed by atoms with van der Waals surface area (Å²) in [6, 6.07) is 8.43. The standard InChI is InChI=1S/C20H15ClN4O3S/c21-11-5-7-12(8-6-11)25-19(27)15(17(26)24-20(25)28)10-23-18-14(9-22)13-3-1-2-4-16(13)29-18/h5-8,10,27H,1-4H2,(H,24,26,28)/b23-10+. The van der Waals surface area contributed by atoms with Crippen LogP contribution >= 0.6 is 22.9 Å². The van der Waals surface area contributed by atoms with Crippen molar-refractivity contribution in [1.29, 1.82) is 5.26 Å². The highest BCUT2D eigenvalue weighted by Crippen LogP contribution is 2.39. The van der Waals surface area contributed by atoms with Crippen molar-refractivity contribution in [2.45, 2.75) is 25.7 Å². The van der Waals surface area contributed by atoms with Crippen LogP contribution in [0.3, 0.4) is 0 Å². The highest BCUT2D eigenvalue weighted by atomic mass is 35.5. The fraction of sp³-hybridized carbons (Fsp3) is 0.200. The monoisotopic (exact) mass is 426 g/mol. The van der Waals surface area contributed by atoms with E-state index in [9.17, 15) is 20.0 Å². The minimum Gasteiger partial charge on any atom is -0.493 e. The van der Waals surface area contributed by atoms with E-state index in [-0.39, 0.29) is 5.56 Å². The Morgan fingerprint density at radius 3 is 2.69 bits per heavy atom. The van der Waals surface area contributed by atoms with Crippen LogP contribution in [0, 0.1) is 11.3 Å². The number of aromatic nitrogens is 2. The number of hydrogen-bond acceptors (Lipinski definition) is 6. The molecule has 4 rings (SSSR count). The van der Waals surface area contributed by atoms with Gasteiger partial charge < -0.3 is 5.11 Å². The minimum absolute atomic E-state index is 0.171. The summed E-state index contributed by atoms with van der Waals surface area (Å²) < 4.78 is 0.962. The zero-order valence-corrected chi connectivity index (χ0v) is 16.7. The number of aromatic amines is 1. The average Bonchev–Trinajstić information content (AvgIpc) is 3.06. The van der Waals surface area contributed by atoms with Crippen LogP contribution in [0.25, 0.3) is 5.69 Å². The van der Waals surface area contributed by atoms with Crippen LogP contribution in [0.15, 0.2) is 38.8 Å². The number of H-pyrrole nitrogens is 1. The number of benzene rings is 1. The van der Waals surface area contributed by atoms with E-state index >= 15 is 0 Å². The SMILES string of the molecule is N#Cc1c(/N=C/c2c(O)n(-c3ccc(Cl)cc3)c(=O)[nH]c2=O)sc2c1CCCC2. The Labute approximate surface area is 174 Å². The van der Waals surface area contributed by atoms with Crippen LogP contribution in [-0.4, -0.2) is 20.9 Å². The van der Waals surface area contributed by atoms with Crippen molar-refractivity contribution < 1.29 is 5.11 Å². The van der Waals surface area contributed by atoms with E-state index in [2.05, 4.69) is 16.0 Å². The molecule has 2 aromatic heterocycles. The van der Waals surface area contributed by atoms with Crippen molar-refractivity contribution in [3.8, 4) is 17.6 Å². The molecule has 0 aliphatic heterocycles. The maximum Gasteiger partial charge on any atom is 0.335 e. The van der Waals surface area contributed by atoms with Crippen molar-refractivity contribution in [2.24, 2.45) is 4.99 Å². The van der Waals surface area contributed by atoms with Gasteiger partial charge in [-0.05, 0) is 55.5 Å². The van der Waals surface area contributed by atoms with Crippen LogP contribution in [0.1, 0.15) is 34.4 Å². The second-order valence-electron chi connectivity index (χ2n) is 6.57. The first-order valence-electron chi connectivity index (χ1n) is 8.92. The van der Waals surface area contributed by atoms with Gasteiger partial charge in [-0.15, -0.1) is 11.3 Å². The number of nitrogens with zero attached hydrogens (tertiary/aromatic N) is 3. The molecule has 0 atom stereocenters. The fourth-order valence-corrected chi connectivity index (χ4v) is 4.67. The molecule has 0 spiro atoms. The second kappa shape index (κ2) is 7.70. The molecule has 3 aromatic rings. The Kier molecular flexibility index (Phi) is 5.09. The molecule has 1 aliphatic rings. The molecule has 9 heteroatoms. The predicted molar refractivity (Wildman–Crippen MR) is 112 cm³/mol. The van der Waals surface area contributed by atoms with E-state index in [0.29, 0.717) is 21.3 Å². The second-order valence-corrected chi connectivity index (χ2v) is 8.09. The van der Waals surface area contributed by atoms with Gasteiger partial charge in [0.15, 0.2) is 0 Å². The van der Waals surface area contributed by atoms with Gasteiger partial charge in [-0.2, -0.15) is 5.26 Å². The van der Waals surface area contributed by atoms with E-state index < -0.39 is 17.1 Å². The summed E-state index contributed by atoms with van der Waals surface area (Å²) in [7, 11) is 0. The molecule has 2 heterocycles. The van der Waals surface area contributed by atoms with E-state index in [1.807, 2.05) is 0 Å². The first kappa shape index (κ1) is 19.2. The third kappa shape index (κ3) is 3.50. The van der Waals surface area contributed by atoms with Gasteiger partial charge in [0.2, 0.25) is 5.88 Å². The predicted octanol–water partition coefficient (Wildman–Crippen LogP) is 3.45. The van der Waals surface area contributed by atoms with Crippen LogP contribution in [0.4, 0.5) is 5.00 Å². The average molecular weight is 427 g/mol. The number of aromatic hydroxyl groups is 1. The number of nitrogens with one attached hydrogen (secondary N) is 1. The number of aliphatic imine (C=N–C) groups is 1. The normalized spacial score (nSPS) is 13.4. The van der Waals surface area contributed by atoms with Gasteiger partial charge in [0, 0.05) is 16.1 Å².